The van der Waals surface area contributed by atoms with E-state index in [0.717, 1.165) is 23.1 Å². The highest BCUT2D eigenvalue weighted by molar-refractivity contribution is 5.80. The van der Waals surface area contributed by atoms with Gasteiger partial charge in [-0.2, -0.15) is 0 Å². The molecule has 0 aliphatic heterocycles. The molecule has 14 heavy (non-hydrogen) atoms. The molecule has 0 bridgehead atoms. The Morgan fingerprint density at radius 3 is 3.00 bits per heavy atom. The number of aryl methyl sites for hydroxylation is 1. The maximum absolute atomic E-state index is 8.82. The van der Waals surface area contributed by atoms with E-state index in [0.29, 0.717) is 6.42 Å². The molecule has 0 aliphatic rings. The number of aliphatic hydroxyl groups excluding tert-OH is 1. The predicted molar refractivity (Wildman–Crippen MR) is 54.2 cm³/mol. The Bertz CT molecular complexity index is 434. The van der Waals surface area contributed by atoms with E-state index in [2.05, 4.69) is 18.1 Å². The third-order valence-corrected chi connectivity index (χ3v) is 2.37. The predicted octanol–water partition coefficient (Wildman–Crippen LogP) is 1.93. The fourth-order valence-corrected chi connectivity index (χ4v) is 1.54. The van der Waals surface area contributed by atoms with Gasteiger partial charge in [0.05, 0.1) is 5.69 Å². The van der Waals surface area contributed by atoms with Crippen LogP contribution in [0.4, 0.5) is 0 Å². The van der Waals surface area contributed by atoms with E-state index in [-0.39, 0.29) is 6.61 Å². The minimum Gasteiger partial charge on any atom is -0.396 e. The van der Waals surface area contributed by atoms with E-state index in [1.165, 1.54) is 5.56 Å². The van der Waals surface area contributed by atoms with Gasteiger partial charge in [-0.05, 0) is 24.1 Å². The van der Waals surface area contributed by atoms with Crippen molar-refractivity contribution in [3.63, 3.8) is 0 Å². The highest BCUT2D eigenvalue weighted by Crippen LogP contribution is 2.20. The average molecular weight is 191 g/mol. The van der Waals surface area contributed by atoms with Crippen molar-refractivity contribution >= 4 is 11.0 Å². The zero-order valence-corrected chi connectivity index (χ0v) is 8.16. The van der Waals surface area contributed by atoms with Crippen molar-refractivity contribution in [2.24, 2.45) is 0 Å². The van der Waals surface area contributed by atoms with Crippen LogP contribution in [0, 0.1) is 0 Å². The molecule has 1 aromatic heterocycles. The van der Waals surface area contributed by atoms with Crippen LogP contribution in [0.5, 0.6) is 0 Å². The summed E-state index contributed by atoms with van der Waals surface area (Å²) in [7, 11) is 0. The van der Waals surface area contributed by atoms with Gasteiger partial charge in [0.15, 0.2) is 5.58 Å². The van der Waals surface area contributed by atoms with Gasteiger partial charge in [0.1, 0.15) is 0 Å². The molecule has 0 atom stereocenters. The fraction of sp³-hybridized carbons (Fsp3) is 0.364. The van der Waals surface area contributed by atoms with Gasteiger partial charge in [-0.15, -0.1) is 0 Å². The lowest BCUT2D eigenvalue weighted by Crippen LogP contribution is -1.90. The van der Waals surface area contributed by atoms with Crippen LogP contribution in [0.15, 0.2) is 22.7 Å². The summed E-state index contributed by atoms with van der Waals surface area (Å²) in [6.07, 6.45) is 1.55. The van der Waals surface area contributed by atoms with Gasteiger partial charge in [-0.1, -0.05) is 18.1 Å². The van der Waals surface area contributed by atoms with E-state index in [1.807, 2.05) is 12.1 Å². The maximum atomic E-state index is 8.82. The number of benzene rings is 1. The van der Waals surface area contributed by atoms with Crippen molar-refractivity contribution in [2.45, 2.75) is 19.8 Å². The summed E-state index contributed by atoms with van der Waals surface area (Å²) in [5.41, 5.74) is 2.89. The molecule has 2 rings (SSSR count). The van der Waals surface area contributed by atoms with E-state index in [4.69, 9.17) is 9.63 Å². The topological polar surface area (TPSA) is 46.3 Å². The Morgan fingerprint density at radius 2 is 2.29 bits per heavy atom. The number of fused-ring (bicyclic) bond motifs is 1. The lowest BCUT2D eigenvalue weighted by atomic mass is 10.1. The Hall–Kier alpha value is -1.35. The Morgan fingerprint density at radius 1 is 1.43 bits per heavy atom. The second kappa shape index (κ2) is 3.80. The molecule has 3 heteroatoms. The Labute approximate surface area is 82.3 Å². The van der Waals surface area contributed by atoms with E-state index in [1.54, 1.807) is 0 Å². The molecule has 1 heterocycles. The summed E-state index contributed by atoms with van der Waals surface area (Å²) in [6.45, 7) is 2.21. The van der Waals surface area contributed by atoms with Crippen LogP contribution in [0.1, 0.15) is 18.2 Å². The van der Waals surface area contributed by atoms with Crippen molar-refractivity contribution in [2.75, 3.05) is 6.61 Å². The van der Waals surface area contributed by atoms with E-state index >= 15 is 0 Å². The van der Waals surface area contributed by atoms with Crippen molar-refractivity contribution < 1.29 is 9.63 Å². The minimum atomic E-state index is 0.108. The number of hydrogen-bond acceptors (Lipinski definition) is 3. The van der Waals surface area contributed by atoms with Gasteiger partial charge in [-0.3, -0.25) is 0 Å². The smallest absolute Gasteiger partial charge is 0.167 e. The lowest BCUT2D eigenvalue weighted by molar-refractivity contribution is 0.295. The second-order valence-corrected chi connectivity index (χ2v) is 3.29. The first-order chi connectivity index (χ1) is 6.85. The van der Waals surface area contributed by atoms with Crippen LogP contribution in [-0.4, -0.2) is 16.9 Å². The van der Waals surface area contributed by atoms with Gasteiger partial charge in [-0.25, -0.2) is 0 Å². The first kappa shape index (κ1) is 9.21. The summed E-state index contributed by atoms with van der Waals surface area (Å²) in [5.74, 6) is 0. The van der Waals surface area contributed by atoms with Crippen LogP contribution < -0.4 is 0 Å². The first-order valence-corrected chi connectivity index (χ1v) is 4.83. The number of hydrogen-bond donors (Lipinski definition) is 1. The molecule has 1 aromatic carbocycles. The standard InChI is InChI=1S/C11H13NO2/c1-2-8-3-4-9-10(5-6-13)12-14-11(9)7-8/h3-4,7,13H,2,5-6H2,1H3. The molecule has 0 saturated heterocycles. The summed E-state index contributed by atoms with van der Waals surface area (Å²) >= 11 is 0. The van der Waals surface area contributed by atoms with Gasteiger partial charge >= 0.3 is 0 Å². The molecule has 1 N–H and O–H groups in total. The molecule has 3 nitrogen and oxygen atoms in total. The SMILES string of the molecule is CCc1ccc2c(CCO)noc2c1. The minimum absolute atomic E-state index is 0.108. The third-order valence-electron chi connectivity index (χ3n) is 2.37. The van der Waals surface area contributed by atoms with Gasteiger partial charge in [0, 0.05) is 18.4 Å². The molecular formula is C11H13NO2. The molecule has 0 spiro atoms. The highest BCUT2D eigenvalue weighted by atomic mass is 16.5. The molecule has 74 valence electrons. The van der Waals surface area contributed by atoms with Crippen LogP contribution >= 0.6 is 0 Å². The molecule has 0 radical (unpaired) electrons. The van der Waals surface area contributed by atoms with Crippen LogP contribution in [0.25, 0.3) is 11.0 Å². The number of aliphatic hydroxyl groups is 1. The summed E-state index contributed by atoms with van der Waals surface area (Å²) in [4.78, 5) is 0. The van der Waals surface area contributed by atoms with Crippen molar-refractivity contribution in [3.05, 3.63) is 29.5 Å². The van der Waals surface area contributed by atoms with Gasteiger partial charge in [0.25, 0.3) is 0 Å². The molecule has 0 unspecified atom stereocenters. The lowest BCUT2D eigenvalue weighted by Gasteiger charge is -1.95. The van der Waals surface area contributed by atoms with Crippen molar-refractivity contribution in [1.29, 1.82) is 0 Å². The monoisotopic (exact) mass is 191 g/mol. The second-order valence-electron chi connectivity index (χ2n) is 3.29. The summed E-state index contributed by atoms with van der Waals surface area (Å²) in [5, 5.41) is 13.8. The number of aromatic nitrogens is 1. The van der Waals surface area contributed by atoms with Gasteiger partial charge < -0.3 is 9.63 Å². The molecule has 0 fully saturated rings. The average Bonchev–Trinajstić information content (AvgIpc) is 2.61. The van der Waals surface area contributed by atoms with E-state index in [9.17, 15) is 0 Å². The van der Waals surface area contributed by atoms with Crippen LogP contribution in [0.3, 0.4) is 0 Å². The van der Waals surface area contributed by atoms with Gasteiger partial charge in [0.2, 0.25) is 0 Å². The quantitative estimate of drug-likeness (QED) is 0.806. The molecule has 0 saturated carbocycles. The number of rotatable bonds is 3. The Balaban J connectivity index is 2.48. The molecule has 2 aromatic rings. The fourth-order valence-electron chi connectivity index (χ4n) is 1.54. The number of nitrogens with zero attached hydrogens (tertiary/aromatic N) is 1. The largest absolute Gasteiger partial charge is 0.396 e. The highest BCUT2D eigenvalue weighted by Gasteiger charge is 2.07. The maximum Gasteiger partial charge on any atom is 0.167 e. The molecule has 0 amide bonds. The Kier molecular flexibility index (Phi) is 2.50. The van der Waals surface area contributed by atoms with Crippen molar-refractivity contribution in [1.82, 2.24) is 5.16 Å². The zero-order valence-electron chi connectivity index (χ0n) is 8.16. The molecular weight excluding hydrogens is 178 g/mol. The van der Waals surface area contributed by atoms with Crippen LogP contribution in [-0.2, 0) is 12.8 Å². The zero-order chi connectivity index (χ0) is 9.97. The van der Waals surface area contributed by atoms with Crippen LogP contribution in [0.2, 0.25) is 0 Å². The van der Waals surface area contributed by atoms with E-state index < -0.39 is 0 Å². The summed E-state index contributed by atoms with van der Waals surface area (Å²) in [6, 6.07) is 6.08. The normalized spacial score (nSPS) is 11.0. The van der Waals surface area contributed by atoms with Crippen molar-refractivity contribution in [3.8, 4) is 0 Å². The third kappa shape index (κ3) is 1.51. The molecule has 0 aliphatic carbocycles. The summed E-state index contributed by atoms with van der Waals surface area (Å²) < 4.78 is 5.18. The first-order valence-electron chi connectivity index (χ1n) is 4.83.